The topological polar surface area (TPSA) is 50.4 Å². The lowest BCUT2D eigenvalue weighted by atomic mass is 9.47. The average molecular weight is 316 g/mol. The van der Waals surface area contributed by atoms with E-state index in [2.05, 4.69) is 20.8 Å². The Morgan fingerprint density at radius 2 is 2.04 bits per heavy atom. The molecule has 126 valence electrons. The van der Waals surface area contributed by atoms with Crippen LogP contribution in [0.25, 0.3) is 0 Å². The van der Waals surface area contributed by atoms with Crippen LogP contribution in [0.5, 0.6) is 0 Å². The van der Waals surface area contributed by atoms with Crippen LogP contribution < -0.4 is 0 Å². The fraction of sp³-hybridized carbons (Fsp3) is 0.650. The van der Waals surface area contributed by atoms with Crippen LogP contribution in [0.3, 0.4) is 0 Å². The van der Waals surface area contributed by atoms with Crippen LogP contribution in [0.4, 0.5) is 0 Å². The number of Topliss-reactive ketones (excluding diaryl/α,β-unsaturated/α-hetero) is 1. The van der Waals surface area contributed by atoms with Gasteiger partial charge in [0.15, 0.2) is 5.76 Å². The van der Waals surface area contributed by atoms with Crippen molar-refractivity contribution in [2.24, 2.45) is 22.7 Å². The minimum Gasteiger partial charge on any atom is -0.504 e. The Morgan fingerprint density at radius 3 is 2.70 bits per heavy atom. The van der Waals surface area contributed by atoms with Crippen molar-refractivity contribution in [2.75, 3.05) is 0 Å². The van der Waals surface area contributed by atoms with Gasteiger partial charge >= 0.3 is 0 Å². The van der Waals surface area contributed by atoms with Crippen LogP contribution in [-0.4, -0.2) is 10.9 Å². The number of fused-ring (bicyclic) bond motifs is 1. The van der Waals surface area contributed by atoms with Crippen LogP contribution >= 0.6 is 0 Å². The number of aliphatic hydroxyl groups excluding tert-OH is 1. The molecule has 1 heterocycles. The third-order valence-electron chi connectivity index (χ3n) is 6.47. The van der Waals surface area contributed by atoms with E-state index in [9.17, 15) is 9.90 Å². The first-order chi connectivity index (χ1) is 10.8. The zero-order chi connectivity index (χ0) is 16.8. The molecule has 3 atom stereocenters. The molecule has 0 bridgehead atoms. The maximum Gasteiger partial charge on any atom is 0.201 e. The zero-order valence-electron chi connectivity index (χ0n) is 14.7. The van der Waals surface area contributed by atoms with Crippen molar-refractivity contribution in [1.82, 2.24) is 0 Å². The van der Waals surface area contributed by atoms with E-state index in [1.165, 1.54) is 5.56 Å². The lowest BCUT2D eigenvalue weighted by Gasteiger charge is -2.56. The molecule has 3 rings (SSSR count). The number of carbonyl (C=O) groups excluding carboxylic acids is 1. The van der Waals surface area contributed by atoms with Gasteiger partial charge in [-0.05, 0) is 66.6 Å². The summed E-state index contributed by atoms with van der Waals surface area (Å²) in [5.74, 6) is 0.162. The standard InChI is InChI=1S/C20H28O3/c1-13-15(7-6-14-8-11-23-12-14)20(4)10-5-9-19(2,3)18(20)17(22)16(13)21/h8,11-12,15,18,21H,5-7,9-10H2,1-4H3. The second-order valence-corrected chi connectivity index (χ2v) is 8.40. The fourth-order valence-corrected chi connectivity index (χ4v) is 5.42. The third kappa shape index (κ3) is 2.54. The number of ketones is 1. The van der Waals surface area contributed by atoms with Crippen molar-refractivity contribution in [2.45, 2.75) is 59.8 Å². The number of hydrogen-bond donors (Lipinski definition) is 1. The second-order valence-electron chi connectivity index (χ2n) is 8.40. The highest BCUT2D eigenvalue weighted by molar-refractivity contribution is 5.98. The summed E-state index contributed by atoms with van der Waals surface area (Å²) in [6.07, 6.45) is 8.64. The summed E-state index contributed by atoms with van der Waals surface area (Å²) < 4.78 is 5.17. The maximum absolute atomic E-state index is 12.8. The van der Waals surface area contributed by atoms with Crippen molar-refractivity contribution >= 4 is 5.78 Å². The van der Waals surface area contributed by atoms with Gasteiger partial charge in [-0.15, -0.1) is 0 Å². The smallest absolute Gasteiger partial charge is 0.201 e. The van der Waals surface area contributed by atoms with Gasteiger partial charge in [0.2, 0.25) is 5.78 Å². The van der Waals surface area contributed by atoms with Crippen LogP contribution in [0, 0.1) is 22.7 Å². The molecule has 0 saturated heterocycles. The molecule has 2 aliphatic rings. The van der Waals surface area contributed by atoms with Gasteiger partial charge < -0.3 is 9.52 Å². The minimum atomic E-state index is -0.0817. The fourth-order valence-electron chi connectivity index (χ4n) is 5.42. The molecule has 0 amide bonds. The first-order valence-corrected chi connectivity index (χ1v) is 8.72. The Hall–Kier alpha value is -1.51. The van der Waals surface area contributed by atoms with Gasteiger partial charge in [-0.3, -0.25) is 4.79 Å². The summed E-state index contributed by atoms with van der Waals surface area (Å²) in [6, 6.07) is 2.00. The van der Waals surface area contributed by atoms with Crippen LogP contribution in [0.2, 0.25) is 0 Å². The Balaban J connectivity index is 1.97. The minimum absolute atomic E-state index is 0.0274. The predicted octanol–water partition coefficient (Wildman–Crippen LogP) is 5.08. The number of furan rings is 1. The quantitative estimate of drug-likeness (QED) is 0.846. The summed E-state index contributed by atoms with van der Waals surface area (Å²) in [5.41, 5.74) is 1.96. The number of aryl methyl sites for hydroxylation is 1. The first kappa shape index (κ1) is 16.4. The highest BCUT2D eigenvalue weighted by atomic mass is 16.3. The molecule has 0 spiro atoms. The molecular weight excluding hydrogens is 288 g/mol. The van der Waals surface area contributed by atoms with E-state index >= 15 is 0 Å². The summed E-state index contributed by atoms with van der Waals surface area (Å²) in [5, 5.41) is 10.5. The summed E-state index contributed by atoms with van der Waals surface area (Å²) in [7, 11) is 0. The lowest BCUT2D eigenvalue weighted by molar-refractivity contribution is -0.141. The molecule has 1 fully saturated rings. The van der Waals surface area contributed by atoms with E-state index in [1.807, 2.05) is 13.0 Å². The molecule has 3 heteroatoms. The zero-order valence-corrected chi connectivity index (χ0v) is 14.7. The third-order valence-corrected chi connectivity index (χ3v) is 6.47. The SMILES string of the molecule is CC1=C(O)C(=O)C2C(C)(C)CCCC2(C)C1CCc1ccoc1. The summed E-state index contributed by atoms with van der Waals surface area (Å²) >= 11 is 0. The Bertz CT molecular complexity index is 623. The van der Waals surface area contributed by atoms with Gasteiger partial charge in [-0.25, -0.2) is 0 Å². The van der Waals surface area contributed by atoms with Crippen molar-refractivity contribution in [3.63, 3.8) is 0 Å². The molecule has 0 aromatic carbocycles. The maximum atomic E-state index is 12.8. The van der Waals surface area contributed by atoms with E-state index in [1.54, 1.807) is 12.5 Å². The number of aliphatic hydroxyl groups is 1. The van der Waals surface area contributed by atoms with Crippen LogP contribution in [0.1, 0.15) is 58.9 Å². The molecule has 1 saturated carbocycles. The monoisotopic (exact) mass is 316 g/mol. The number of hydrogen-bond acceptors (Lipinski definition) is 3. The van der Waals surface area contributed by atoms with Gasteiger partial charge in [0.05, 0.1) is 12.5 Å². The highest BCUT2D eigenvalue weighted by Gasteiger charge is 2.57. The van der Waals surface area contributed by atoms with Crippen LogP contribution in [0.15, 0.2) is 34.3 Å². The Morgan fingerprint density at radius 1 is 1.30 bits per heavy atom. The van der Waals surface area contributed by atoms with Crippen molar-refractivity contribution in [3.8, 4) is 0 Å². The molecule has 2 aliphatic carbocycles. The highest BCUT2D eigenvalue weighted by Crippen LogP contribution is 2.60. The van der Waals surface area contributed by atoms with E-state index in [-0.39, 0.29) is 34.2 Å². The van der Waals surface area contributed by atoms with E-state index < -0.39 is 0 Å². The summed E-state index contributed by atoms with van der Waals surface area (Å²) in [6.45, 7) is 8.59. The number of allylic oxidation sites excluding steroid dienone is 2. The molecule has 0 radical (unpaired) electrons. The van der Waals surface area contributed by atoms with E-state index in [0.29, 0.717) is 0 Å². The number of rotatable bonds is 3. The van der Waals surface area contributed by atoms with Crippen molar-refractivity contribution in [1.29, 1.82) is 0 Å². The normalized spacial score (nSPS) is 33.7. The van der Waals surface area contributed by atoms with Gasteiger partial charge in [-0.2, -0.15) is 0 Å². The molecule has 23 heavy (non-hydrogen) atoms. The van der Waals surface area contributed by atoms with Gasteiger partial charge in [0.1, 0.15) is 0 Å². The van der Waals surface area contributed by atoms with E-state index in [0.717, 1.165) is 37.7 Å². The molecule has 3 nitrogen and oxygen atoms in total. The second kappa shape index (κ2) is 5.54. The van der Waals surface area contributed by atoms with Gasteiger partial charge in [0.25, 0.3) is 0 Å². The largest absolute Gasteiger partial charge is 0.504 e. The lowest BCUT2D eigenvalue weighted by Crippen LogP contribution is -2.53. The molecular formula is C20H28O3. The Labute approximate surface area is 138 Å². The van der Waals surface area contributed by atoms with Crippen LogP contribution in [-0.2, 0) is 11.2 Å². The Kier molecular flexibility index (Phi) is 3.94. The first-order valence-electron chi connectivity index (χ1n) is 8.72. The molecule has 3 unspecified atom stereocenters. The van der Waals surface area contributed by atoms with Gasteiger partial charge in [0, 0.05) is 5.92 Å². The molecule has 1 aromatic heterocycles. The number of carbonyl (C=O) groups is 1. The summed E-state index contributed by atoms with van der Waals surface area (Å²) in [4.78, 5) is 12.8. The molecule has 1 aromatic rings. The molecule has 0 aliphatic heterocycles. The molecule has 1 N–H and O–H groups in total. The van der Waals surface area contributed by atoms with Gasteiger partial charge in [-0.1, -0.05) is 27.2 Å². The van der Waals surface area contributed by atoms with E-state index in [4.69, 9.17) is 4.42 Å². The van der Waals surface area contributed by atoms with Crippen molar-refractivity contribution < 1.29 is 14.3 Å². The van der Waals surface area contributed by atoms with Crippen molar-refractivity contribution in [3.05, 3.63) is 35.5 Å². The predicted molar refractivity (Wildman–Crippen MR) is 90.1 cm³/mol. The average Bonchev–Trinajstić information content (AvgIpc) is 2.97.